The number of carbonyl (C=O) groups is 2. The average Bonchev–Trinajstić information content (AvgIpc) is 3.03. The zero-order valence-electron chi connectivity index (χ0n) is 14.3. The van der Waals surface area contributed by atoms with Crippen LogP contribution in [0.3, 0.4) is 0 Å². The number of ether oxygens (including phenoxy) is 1. The summed E-state index contributed by atoms with van der Waals surface area (Å²) in [5, 5.41) is 6.83. The summed E-state index contributed by atoms with van der Waals surface area (Å²) in [6.45, 7) is 1.47. The minimum Gasteiger partial charge on any atom is -0.484 e. The van der Waals surface area contributed by atoms with Crippen molar-refractivity contribution in [3.05, 3.63) is 66.0 Å². The van der Waals surface area contributed by atoms with Gasteiger partial charge in [0, 0.05) is 5.69 Å². The molecule has 0 aliphatic carbocycles. The molecule has 0 spiro atoms. The van der Waals surface area contributed by atoms with Gasteiger partial charge in [0.25, 0.3) is 11.8 Å². The summed E-state index contributed by atoms with van der Waals surface area (Å²) >= 11 is 0. The zero-order chi connectivity index (χ0) is 19.4. The zero-order valence-corrected chi connectivity index (χ0v) is 14.3. The summed E-state index contributed by atoms with van der Waals surface area (Å²) in [6.07, 6.45) is 0. The second-order valence-corrected chi connectivity index (χ2v) is 5.60. The van der Waals surface area contributed by atoms with Crippen molar-refractivity contribution in [2.24, 2.45) is 5.73 Å². The number of hydrogen-bond acceptors (Lipinski definition) is 5. The Labute approximate surface area is 153 Å². The maximum Gasteiger partial charge on any atom is 0.295 e. The molecule has 27 heavy (non-hydrogen) atoms. The third kappa shape index (κ3) is 4.46. The lowest BCUT2D eigenvalue weighted by Crippen LogP contribution is -2.20. The van der Waals surface area contributed by atoms with Crippen LogP contribution in [0.2, 0.25) is 0 Å². The molecule has 3 rings (SSSR count). The maximum absolute atomic E-state index is 13.1. The monoisotopic (exact) mass is 369 g/mol. The minimum absolute atomic E-state index is 0.0223. The van der Waals surface area contributed by atoms with Crippen LogP contribution >= 0.6 is 0 Å². The van der Waals surface area contributed by atoms with E-state index >= 15 is 0 Å². The van der Waals surface area contributed by atoms with Gasteiger partial charge >= 0.3 is 0 Å². The molecule has 0 fully saturated rings. The van der Waals surface area contributed by atoms with Gasteiger partial charge in [-0.2, -0.15) is 0 Å². The largest absolute Gasteiger partial charge is 0.484 e. The number of carbonyl (C=O) groups excluding carboxylic acids is 2. The second kappa shape index (κ2) is 7.65. The van der Waals surface area contributed by atoms with Gasteiger partial charge in [0.2, 0.25) is 5.82 Å². The molecule has 0 atom stereocenters. The van der Waals surface area contributed by atoms with Crippen molar-refractivity contribution in [3.8, 4) is 11.4 Å². The number of aromatic nitrogens is 3. The first-order valence-electron chi connectivity index (χ1n) is 7.94. The molecule has 2 amide bonds. The Bertz CT molecular complexity index is 968. The molecule has 8 nitrogen and oxygen atoms in total. The van der Waals surface area contributed by atoms with Gasteiger partial charge in [-0.1, -0.05) is 0 Å². The van der Waals surface area contributed by atoms with Crippen molar-refractivity contribution in [1.29, 1.82) is 0 Å². The maximum atomic E-state index is 13.1. The predicted molar refractivity (Wildman–Crippen MR) is 95.1 cm³/mol. The van der Waals surface area contributed by atoms with E-state index in [1.165, 1.54) is 16.8 Å². The molecule has 0 aliphatic rings. The van der Waals surface area contributed by atoms with E-state index in [2.05, 4.69) is 15.4 Å². The number of benzene rings is 2. The fourth-order valence-electron chi connectivity index (χ4n) is 2.29. The fraction of sp³-hybridized carbons (Fsp3) is 0.111. The summed E-state index contributed by atoms with van der Waals surface area (Å²) in [7, 11) is 0. The Hall–Kier alpha value is -3.75. The Morgan fingerprint density at radius 2 is 1.81 bits per heavy atom. The third-order valence-corrected chi connectivity index (χ3v) is 3.54. The number of nitrogens with zero attached hydrogens (tertiary/aromatic N) is 3. The molecule has 0 saturated carbocycles. The van der Waals surface area contributed by atoms with Crippen molar-refractivity contribution in [3.63, 3.8) is 0 Å². The number of anilines is 1. The summed E-state index contributed by atoms with van der Waals surface area (Å²) in [5.74, 6) is -0.526. The summed E-state index contributed by atoms with van der Waals surface area (Å²) in [4.78, 5) is 27.2. The number of nitrogens with one attached hydrogen (secondary N) is 1. The smallest absolute Gasteiger partial charge is 0.295 e. The number of nitrogens with two attached hydrogens (primary N) is 1. The van der Waals surface area contributed by atoms with Crippen LogP contribution in [0.15, 0.2) is 48.5 Å². The number of rotatable bonds is 6. The summed E-state index contributed by atoms with van der Waals surface area (Å²) < 4.78 is 19.7. The van der Waals surface area contributed by atoms with E-state index < -0.39 is 11.8 Å². The topological polar surface area (TPSA) is 112 Å². The molecule has 3 N–H and O–H groups in total. The van der Waals surface area contributed by atoms with Crippen LogP contribution in [0, 0.1) is 12.7 Å². The normalized spacial score (nSPS) is 10.4. The molecule has 138 valence electrons. The van der Waals surface area contributed by atoms with E-state index in [0.29, 0.717) is 22.9 Å². The highest BCUT2D eigenvalue weighted by atomic mass is 19.1. The van der Waals surface area contributed by atoms with Gasteiger partial charge in [0.1, 0.15) is 17.4 Å². The number of primary amides is 1. The van der Waals surface area contributed by atoms with Gasteiger partial charge in [-0.15, -0.1) is 5.10 Å². The van der Waals surface area contributed by atoms with Crippen molar-refractivity contribution in [2.75, 3.05) is 11.9 Å². The second-order valence-electron chi connectivity index (χ2n) is 5.60. The molecular formula is C18H16FN5O3. The highest BCUT2D eigenvalue weighted by Crippen LogP contribution is 2.16. The van der Waals surface area contributed by atoms with Crippen molar-refractivity contribution < 1.29 is 18.7 Å². The lowest BCUT2D eigenvalue weighted by Gasteiger charge is -2.06. The van der Waals surface area contributed by atoms with Crippen molar-refractivity contribution >= 4 is 17.5 Å². The van der Waals surface area contributed by atoms with E-state index in [1.54, 1.807) is 43.3 Å². The van der Waals surface area contributed by atoms with Gasteiger partial charge in [0.15, 0.2) is 6.61 Å². The Morgan fingerprint density at radius 3 is 2.44 bits per heavy atom. The lowest BCUT2D eigenvalue weighted by molar-refractivity contribution is -0.119. The van der Waals surface area contributed by atoms with E-state index in [4.69, 9.17) is 10.5 Å². The first-order chi connectivity index (χ1) is 12.9. The molecule has 3 aromatic rings. The number of hydrogen-bond donors (Lipinski definition) is 2. The molecule has 2 aromatic carbocycles. The Balaban J connectivity index is 1.70. The molecule has 1 heterocycles. The van der Waals surface area contributed by atoms with Crippen LogP contribution < -0.4 is 15.8 Å². The summed E-state index contributed by atoms with van der Waals surface area (Å²) in [5.41, 5.74) is 6.10. The van der Waals surface area contributed by atoms with Crippen LogP contribution in [0.4, 0.5) is 10.1 Å². The minimum atomic E-state index is -0.578. The molecule has 0 unspecified atom stereocenters. The van der Waals surface area contributed by atoms with Crippen LogP contribution in [0.1, 0.15) is 16.4 Å². The standard InChI is InChI=1S/C18H16FN5O3/c1-11-21-17(23-24(11)14-6-2-12(19)3-7-14)18(26)22-13-4-8-15(9-5-13)27-10-16(20)25/h2-9H,10H2,1H3,(H2,20,25)(H,22,26). The van der Waals surface area contributed by atoms with Gasteiger partial charge in [-0.25, -0.2) is 14.1 Å². The molecular weight excluding hydrogens is 353 g/mol. The van der Waals surface area contributed by atoms with Crippen LogP contribution in [-0.4, -0.2) is 33.2 Å². The van der Waals surface area contributed by atoms with Crippen LogP contribution in [0.25, 0.3) is 5.69 Å². The van der Waals surface area contributed by atoms with Gasteiger partial charge < -0.3 is 15.8 Å². The van der Waals surface area contributed by atoms with E-state index in [-0.39, 0.29) is 18.2 Å². The Morgan fingerprint density at radius 1 is 1.15 bits per heavy atom. The fourth-order valence-corrected chi connectivity index (χ4v) is 2.29. The molecule has 9 heteroatoms. The van der Waals surface area contributed by atoms with Gasteiger partial charge in [0.05, 0.1) is 5.69 Å². The van der Waals surface area contributed by atoms with Gasteiger partial charge in [-0.3, -0.25) is 9.59 Å². The molecule has 1 aromatic heterocycles. The summed E-state index contributed by atoms with van der Waals surface area (Å²) in [6, 6.07) is 12.1. The lowest BCUT2D eigenvalue weighted by atomic mass is 10.3. The molecule has 0 saturated heterocycles. The van der Waals surface area contributed by atoms with E-state index in [9.17, 15) is 14.0 Å². The third-order valence-electron chi connectivity index (χ3n) is 3.54. The number of aryl methyl sites for hydroxylation is 1. The number of halogens is 1. The Kier molecular flexibility index (Phi) is 5.11. The SMILES string of the molecule is Cc1nc(C(=O)Nc2ccc(OCC(N)=O)cc2)nn1-c1ccc(F)cc1. The van der Waals surface area contributed by atoms with Crippen molar-refractivity contribution in [2.45, 2.75) is 6.92 Å². The van der Waals surface area contributed by atoms with Gasteiger partial charge in [-0.05, 0) is 55.5 Å². The first-order valence-corrected chi connectivity index (χ1v) is 7.94. The first kappa shape index (κ1) is 18.1. The quantitative estimate of drug-likeness (QED) is 0.688. The predicted octanol–water partition coefficient (Wildman–Crippen LogP) is 1.83. The van der Waals surface area contributed by atoms with Crippen LogP contribution in [0.5, 0.6) is 5.75 Å². The highest BCUT2D eigenvalue weighted by Gasteiger charge is 2.15. The molecule has 0 bridgehead atoms. The highest BCUT2D eigenvalue weighted by molar-refractivity contribution is 6.01. The molecule has 0 radical (unpaired) electrons. The molecule has 0 aliphatic heterocycles. The average molecular weight is 369 g/mol. The number of amides is 2. The van der Waals surface area contributed by atoms with E-state index in [1.807, 2.05) is 0 Å². The van der Waals surface area contributed by atoms with Crippen LogP contribution in [-0.2, 0) is 4.79 Å². The van der Waals surface area contributed by atoms with E-state index in [0.717, 1.165) is 0 Å². The van der Waals surface area contributed by atoms with Crippen molar-refractivity contribution in [1.82, 2.24) is 14.8 Å².